The fourth-order valence-electron chi connectivity index (χ4n) is 4.87. The lowest BCUT2D eigenvalue weighted by atomic mass is 9.98. The van der Waals surface area contributed by atoms with Gasteiger partial charge in [-0.3, -0.25) is 9.69 Å². The number of nitrogens with zero attached hydrogens (tertiary/aromatic N) is 6. The molecule has 2 aromatic carbocycles. The zero-order valence-electron chi connectivity index (χ0n) is 20.9. The van der Waals surface area contributed by atoms with E-state index < -0.39 is 0 Å². The van der Waals surface area contributed by atoms with E-state index in [2.05, 4.69) is 88.3 Å². The predicted octanol–water partition coefficient (Wildman–Crippen LogP) is 3.88. The molecule has 35 heavy (non-hydrogen) atoms. The molecule has 1 N–H and O–H groups in total. The first-order chi connectivity index (χ1) is 16.9. The Morgan fingerprint density at radius 2 is 1.77 bits per heavy atom. The van der Waals surface area contributed by atoms with Crippen LogP contribution in [0.3, 0.4) is 0 Å². The number of hydrogen-bond acceptors (Lipinski definition) is 6. The summed E-state index contributed by atoms with van der Waals surface area (Å²) in [5.41, 5.74) is 3.52. The Morgan fingerprint density at radius 3 is 2.49 bits per heavy atom. The van der Waals surface area contributed by atoms with Gasteiger partial charge in [0.2, 0.25) is 0 Å². The fraction of sp³-hybridized carbons (Fsp3) is 0.407. The van der Waals surface area contributed by atoms with Crippen molar-refractivity contribution in [2.45, 2.75) is 45.7 Å². The van der Waals surface area contributed by atoms with E-state index in [0.29, 0.717) is 11.4 Å². The number of aromatic amines is 1. The molecular weight excluding hydrogens is 438 g/mol. The standard InChI is InChI=1S/C27H33N7O/c1-5-27(3,4)34-25(29-30-31-34)24(22-18-20-17-19(2)11-12-23(20)28-26(22)35)33-15-13-32(14-16-33)21-9-7-6-8-10-21/h6-12,17-18,24H,5,13-16H2,1-4H3,(H,28,35). The van der Waals surface area contributed by atoms with Crippen LogP contribution in [-0.2, 0) is 5.54 Å². The lowest BCUT2D eigenvalue weighted by molar-refractivity contribution is 0.186. The molecule has 3 heterocycles. The van der Waals surface area contributed by atoms with E-state index in [1.807, 2.05) is 28.9 Å². The van der Waals surface area contributed by atoms with Gasteiger partial charge in [-0.25, -0.2) is 4.68 Å². The van der Waals surface area contributed by atoms with Gasteiger partial charge in [-0.2, -0.15) is 0 Å². The number of pyridine rings is 1. The summed E-state index contributed by atoms with van der Waals surface area (Å²) in [7, 11) is 0. The van der Waals surface area contributed by atoms with Crippen molar-refractivity contribution in [1.82, 2.24) is 30.1 Å². The molecule has 0 bridgehead atoms. The fourth-order valence-corrected chi connectivity index (χ4v) is 4.87. The number of aryl methyl sites for hydroxylation is 1. The summed E-state index contributed by atoms with van der Waals surface area (Å²) in [6.45, 7) is 11.8. The second-order valence-corrected chi connectivity index (χ2v) is 10.0. The van der Waals surface area contributed by atoms with E-state index in [1.165, 1.54) is 5.69 Å². The summed E-state index contributed by atoms with van der Waals surface area (Å²) in [6.07, 6.45) is 0.868. The molecule has 0 aliphatic carbocycles. The Hall–Kier alpha value is -3.52. The smallest absolute Gasteiger partial charge is 0.253 e. The van der Waals surface area contributed by atoms with Crippen molar-refractivity contribution in [3.8, 4) is 0 Å². The molecule has 4 aromatic rings. The lowest BCUT2D eigenvalue weighted by Crippen LogP contribution is -2.49. The minimum Gasteiger partial charge on any atom is -0.369 e. The molecule has 8 nitrogen and oxygen atoms in total. The maximum Gasteiger partial charge on any atom is 0.253 e. The normalized spacial score (nSPS) is 16.1. The van der Waals surface area contributed by atoms with Gasteiger partial charge in [0.05, 0.1) is 5.54 Å². The number of hydrogen-bond donors (Lipinski definition) is 1. The quantitative estimate of drug-likeness (QED) is 0.460. The van der Waals surface area contributed by atoms with Crippen molar-refractivity contribution < 1.29 is 0 Å². The molecule has 1 saturated heterocycles. The van der Waals surface area contributed by atoms with Gasteiger partial charge >= 0.3 is 0 Å². The van der Waals surface area contributed by atoms with Crippen molar-refractivity contribution in [2.75, 3.05) is 31.1 Å². The van der Waals surface area contributed by atoms with Gasteiger partial charge in [0.1, 0.15) is 6.04 Å². The van der Waals surface area contributed by atoms with Crippen molar-refractivity contribution in [1.29, 1.82) is 0 Å². The Morgan fingerprint density at radius 1 is 1.03 bits per heavy atom. The molecule has 0 spiro atoms. The zero-order valence-corrected chi connectivity index (χ0v) is 20.9. The van der Waals surface area contributed by atoms with Crippen molar-refractivity contribution in [3.63, 3.8) is 0 Å². The van der Waals surface area contributed by atoms with Crippen LogP contribution in [0.2, 0.25) is 0 Å². The third kappa shape index (κ3) is 4.46. The number of tetrazole rings is 1. The van der Waals surface area contributed by atoms with E-state index in [1.54, 1.807) is 0 Å². The number of rotatable bonds is 6. The molecule has 182 valence electrons. The molecule has 1 atom stereocenters. The number of para-hydroxylation sites is 1. The highest BCUT2D eigenvalue weighted by molar-refractivity contribution is 5.79. The third-order valence-corrected chi connectivity index (χ3v) is 7.30. The van der Waals surface area contributed by atoms with E-state index in [-0.39, 0.29) is 17.1 Å². The molecule has 8 heteroatoms. The summed E-state index contributed by atoms with van der Waals surface area (Å²) < 4.78 is 1.90. The van der Waals surface area contributed by atoms with Gasteiger partial charge < -0.3 is 9.88 Å². The minimum absolute atomic E-state index is 0.0966. The first-order valence-corrected chi connectivity index (χ1v) is 12.3. The number of aromatic nitrogens is 5. The first-order valence-electron chi connectivity index (χ1n) is 12.3. The molecule has 0 radical (unpaired) electrons. The number of benzene rings is 2. The Balaban J connectivity index is 1.58. The topological polar surface area (TPSA) is 82.9 Å². The van der Waals surface area contributed by atoms with Crippen LogP contribution in [0.15, 0.2) is 59.4 Å². The van der Waals surface area contributed by atoms with E-state index in [0.717, 1.165) is 49.1 Å². The average Bonchev–Trinajstić information content (AvgIpc) is 3.36. The third-order valence-electron chi connectivity index (χ3n) is 7.30. The van der Waals surface area contributed by atoms with Crippen LogP contribution < -0.4 is 10.5 Å². The first kappa shape index (κ1) is 23.2. The number of H-pyrrole nitrogens is 1. The highest BCUT2D eigenvalue weighted by Gasteiger charge is 2.35. The Kier molecular flexibility index (Phi) is 6.15. The van der Waals surface area contributed by atoms with Gasteiger partial charge in [-0.15, -0.1) is 5.10 Å². The Labute approximate surface area is 205 Å². The van der Waals surface area contributed by atoms with Crippen LogP contribution in [0.1, 0.15) is 50.2 Å². The number of anilines is 1. The molecule has 1 aliphatic rings. The van der Waals surface area contributed by atoms with E-state index >= 15 is 0 Å². The lowest BCUT2D eigenvalue weighted by Gasteiger charge is -2.40. The highest BCUT2D eigenvalue weighted by atomic mass is 16.1. The second-order valence-electron chi connectivity index (χ2n) is 10.0. The molecule has 1 aliphatic heterocycles. The predicted molar refractivity (Wildman–Crippen MR) is 139 cm³/mol. The van der Waals surface area contributed by atoms with Crippen molar-refractivity contribution in [3.05, 3.63) is 81.9 Å². The maximum atomic E-state index is 13.4. The molecule has 1 fully saturated rings. The molecule has 0 saturated carbocycles. The van der Waals surface area contributed by atoms with Gasteiger partial charge in [-0.05, 0) is 73.3 Å². The summed E-state index contributed by atoms with van der Waals surface area (Å²) >= 11 is 0. The van der Waals surface area contributed by atoms with Crippen molar-refractivity contribution >= 4 is 16.6 Å². The summed E-state index contributed by atoms with van der Waals surface area (Å²) in [5, 5.41) is 13.9. The van der Waals surface area contributed by atoms with Crippen LogP contribution in [0.4, 0.5) is 5.69 Å². The number of piperazine rings is 1. The van der Waals surface area contributed by atoms with Crippen LogP contribution in [0.5, 0.6) is 0 Å². The second kappa shape index (κ2) is 9.26. The van der Waals surface area contributed by atoms with Crippen LogP contribution in [0, 0.1) is 6.92 Å². The van der Waals surface area contributed by atoms with E-state index in [4.69, 9.17) is 0 Å². The monoisotopic (exact) mass is 471 g/mol. The minimum atomic E-state index is -0.345. The Bertz CT molecular complexity index is 1370. The van der Waals surface area contributed by atoms with E-state index in [9.17, 15) is 4.79 Å². The molecule has 0 amide bonds. The molecule has 5 rings (SSSR count). The number of nitrogens with one attached hydrogen (secondary N) is 1. The van der Waals surface area contributed by atoms with Gasteiger partial charge in [0, 0.05) is 42.9 Å². The van der Waals surface area contributed by atoms with Crippen LogP contribution >= 0.6 is 0 Å². The van der Waals surface area contributed by atoms with Gasteiger partial charge in [0.25, 0.3) is 5.56 Å². The summed E-state index contributed by atoms with van der Waals surface area (Å²) in [6, 6.07) is 18.2. The van der Waals surface area contributed by atoms with Crippen LogP contribution in [-0.4, -0.2) is 56.3 Å². The SMILES string of the molecule is CCC(C)(C)n1nnnc1C(c1cc2cc(C)ccc2[nH]c1=O)N1CCN(c2ccccc2)CC1. The molecule has 2 aromatic heterocycles. The summed E-state index contributed by atoms with van der Waals surface area (Å²) in [4.78, 5) is 21.3. The van der Waals surface area contributed by atoms with Gasteiger partial charge in [0.15, 0.2) is 5.82 Å². The highest BCUT2D eigenvalue weighted by Crippen LogP contribution is 2.31. The molecule has 1 unspecified atom stereocenters. The molecular formula is C27H33N7O. The number of fused-ring (bicyclic) bond motifs is 1. The zero-order chi connectivity index (χ0) is 24.6. The summed E-state index contributed by atoms with van der Waals surface area (Å²) in [5.74, 6) is 0.711. The maximum absolute atomic E-state index is 13.4. The van der Waals surface area contributed by atoms with Gasteiger partial charge in [-0.1, -0.05) is 36.8 Å². The average molecular weight is 472 g/mol. The largest absolute Gasteiger partial charge is 0.369 e. The van der Waals surface area contributed by atoms with Crippen molar-refractivity contribution in [2.24, 2.45) is 0 Å². The van der Waals surface area contributed by atoms with Crippen LogP contribution in [0.25, 0.3) is 10.9 Å².